The molecule has 2 heterocycles. The molecule has 3 heteroatoms. The molecule has 0 aliphatic carbocycles. The topological polar surface area (TPSA) is 41.1 Å². The number of nitriles is 1. The minimum absolute atomic E-state index is 0.685. The Labute approximate surface area is 76.2 Å². The number of hydrogen-bond acceptors (Lipinski definition) is 2. The van der Waals surface area contributed by atoms with Gasteiger partial charge in [-0.2, -0.15) is 10.4 Å². The van der Waals surface area contributed by atoms with Gasteiger partial charge in [0.15, 0.2) is 0 Å². The zero-order chi connectivity index (χ0) is 9.42. The summed E-state index contributed by atoms with van der Waals surface area (Å²) in [6, 6.07) is 7.77. The van der Waals surface area contributed by atoms with E-state index in [9.17, 15) is 0 Å². The van der Waals surface area contributed by atoms with Gasteiger partial charge in [-0.15, -0.1) is 0 Å². The van der Waals surface area contributed by atoms with Gasteiger partial charge in [0.05, 0.1) is 22.8 Å². The maximum Gasteiger partial charge on any atom is 0.0993 e. The summed E-state index contributed by atoms with van der Waals surface area (Å²) in [6.45, 7) is 3.89. The Morgan fingerprint density at radius 2 is 2.08 bits per heavy atom. The number of pyridine rings is 1. The molecule has 0 saturated carbocycles. The van der Waals surface area contributed by atoms with Gasteiger partial charge >= 0.3 is 0 Å². The maximum absolute atomic E-state index is 8.75. The number of rotatable bonds is 0. The van der Waals surface area contributed by atoms with Crippen LogP contribution in [0.5, 0.6) is 0 Å². The minimum Gasteiger partial charge on any atom is -0.238 e. The first-order valence-corrected chi connectivity index (χ1v) is 4.08. The lowest BCUT2D eigenvalue weighted by Gasteiger charge is -1.98. The second-order valence-corrected chi connectivity index (χ2v) is 3.12. The predicted octanol–water partition coefficient (Wildman–Crippen LogP) is 1.82. The van der Waals surface area contributed by atoms with Crippen LogP contribution >= 0.6 is 0 Å². The van der Waals surface area contributed by atoms with E-state index in [0.717, 1.165) is 16.9 Å². The number of nitrogens with zero attached hydrogens (tertiary/aromatic N) is 3. The molecule has 0 saturated heterocycles. The van der Waals surface area contributed by atoms with Crippen molar-refractivity contribution in [2.75, 3.05) is 0 Å². The molecule has 3 nitrogen and oxygen atoms in total. The predicted molar refractivity (Wildman–Crippen MR) is 49.4 cm³/mol. The lowest BCUT2D eigenvalue weighted by Crippen LogP contribution is -1.93. The molecule has 0 spiro atoms. The minimum atomic E-state index is 0.685. The summed E-state index contributed by atoms with van der Waals surface area (Å²) in [4.78, 5) is 0. The molecule has 0 amide bonds. The van der Waals surface area contributed by atoms with E-state index in [1.807, 2.05) is 36.6 Å². The summed E-state index contributed by atoms with van der Waals surface area (Å²) in [5.41, 5.74) is 3.62. The van der Waals surface area contributed by atoms with Crippen LogP contribution in [0.3, 0.4) is 0 Å². The SMILES string of the molecule is Cc1cc2cc(C#N)cc(C)n2n1. The van der Waals surface area contributed by atoms with Crippen LogP contribution in [0, 0.1) is 25.2 Å². The number of aromatic nitrogens is 2. The molecule has 2 aromatic heterocycles. The fourth-order valence-electron chi connectivity index (χ4n) is 1.46. The molecule has 0 aliphatic heterocycles. The molecule has 0 aliphatic rings. The van der Waals surface area contributed by atoms with Gasteiger partial charge in [0.2, 0.25) is 0 Å². The van der Waals surface area contributed by atoms with Crippen molar-refractivity contribution in [2.24, 2.45) is 0 Å². The van der Waals surface area contributed by atoms with Crippen LogP contribution in [0.4, 0.5) is 0 Å². The lowest BCUT2D eigenvalue weighted by molar-refractivity contribution is 0.893. The fraction of sp³-hybridized carbons (Fsp3) is 0.200. The summed E-state index contributed by atoms with van der Waals surface area (Å²) < 4.78 is 1.84. The van der Waals surface area contributed by atoms with Crippen LogP contribution in [-0.2, 0) is 0 Å². The van der Waals surface area contributed by atoms with E-state index in [4.69, 9.17) is 5.26 Å². The van der Waals surface area contributed by atoms with Crippen LogP contribution < -0.4 is 0 Å². The van der Waals surface area contributed by atoms with Gasteiger partial charge < -0.3 is 0 Å². The molecule has 0 unspecified atom stereocenters. The summed E-state index contributed by atoms with van der Waals surface area (Å²) >= 11 is 0. The first kappa shape index (κ1) is 7.81. The van der Waals surface area contributed by atoms with Crippen molar-refractivity contribution in [3.63, 3.8) is 0 Å². The molecular weight excluding hydrogens is 162 g/mol. The Balaban J connectivity index is 2.85. The smallest absolute Gasteiger partial charge is 0.0993 e. The van der Waals surface area contributed by atoms with E-state index in [1.54, 1.807) is 0 Å². The van der Waals surface area contributed by atoms with Gasteiger partial charge in [0, 0.05) is 5.69 Å². The molecular formula is C10H9N3. The first-order valence-electron chi connectivity index (χ1n) is 4.08. The molecule has 0 aromatic carbocycles. The second-order valence-electron chi connectivity index (χ2n) is 3.12. The molecule has 13 heavy (non-hydrogen) atoms. The van der Waals surface area contributed by atoms with E-state index in [0.29, 0.717) is 5.56 Å². The fourth-order valence-corrected chi connectivity index (χ4v) is 1.46. The molecule has 0 radical (unpaired) electrons. The van der Waals surface area contributed by atoms with Crippen molar-refractivity contribution in [1.82, 2.24) is 9.61 Å². The van der Waals surface area contributed by atoms with E-state index in [-0.39, 0.29) is 0 Å². The number of hydrogen-bond donors (Lipinski definition) is 0. The van der Waals surface area contributed by atoms with Crippen LogP contribution in [0.2, 0.25) is 0 Å². The quantitative estimate of drug-likeness (QED) is 0.606. The Bertz CT molecular complexity index is 503. The molecule has 2 aromatic rings. The summed E-state index contributed by atoms with van der Waals surface area (Å²) in [6.07, 6.45) is 0. The largest absolute Gasteiger partial charge is 0.238 e. The monoisotopic (exact) mass is 171 g/mol. The molecule has 0 bridgehead atoms. The number of fused-ring (bicyclic) bond motifs is 1. The number of aryl methyl sites for hydroxylation is 2. The molecule has 0 atom stereocenters. The highest BCUT2D eigenvalue weighted by molar-refractivity contribution is 5.53. The van der Waals surface area contributed by atoms with Crippen molar-refractivity contribution in [2.45, 2.75) is 13.8 Å². The zero-order valence-electron chi connectivity index (χ0n) is 7.57. The van der Waals surface area contributed by atoms with Crippen molar-refractivity contribution in [3.05, 3.63) is 35.2 Å². The molecule has 0 N–H and O–H groups in total. The van der Waals surface area contributed by atoms with Gasteiger partial charge in [-0.3, -0.25) is 0 Å². The Hall–Kier alpha value is -1.82. The van der Waals surface area contributed by atoms with Gasteiger partial charge in [0.25, 0.3) is 0 Å². The summed E-state index contributed by atoms with van der Waals surface area (Å²) in [7, 11) is 0. The van der Waals surface area contributed by atoms with Crippen LogP contribution in [0.15, 0.2) is 18.2 Å². The highest BCUT2D eigenvalue weighted by Crippen LogP contribution is 2.11. The normalized spacial score (nSPS) is 10.2. The standard InChI is InChI=1S/C10H9N3/c1-7-3-10-5-9(6-11)4-8(2)13(10)12-7/h3-5H,1-2H3. The third kappa shape index (κ3) is 1.17. The molecule has 0 fully saturated rings. The van der Waals surface area contributed by atoms with Crippen molar-refractivity contribution in [1.29, 1.82) is 5.26 Å². The zero-order valence-corrected chi connectivity index (χ0v) is 7.57. The van der Waals surface area contributed by atoms with Crippen molar-refractivity contribution in [3.8, 4) is 6.07 Å². The average molecular weight is 171 g/mol. The highest BCUT2D eigenvalue weighted by Gasteiger charge is 2.02. The van der Waals surface area contributed by atoms with E-state index in [1.165, 1.54) is 0 Å². The Kier molecular flexibility index (Phi) is 1.56. The highest BCUT2D eigenvalue weighted by atomic mass is 15.2. The Morgan fingerprint density at radius 3 is 2.77 bits per heavy atom. The van der Waals surface area contributed by atoms with Gasteiger partial charge in [0.1, 0.15) is 0 Å². The lowest BCUT2D eigenvalue weighted by atomic mass is 10.2. The van der Waals surface area contributed by atoms with Gasteiger partial charge in [-0.1, -0.05) is 0 Å². The van der Waals surface area contributed by atoms with Crippen molar-refractivity contribution >= 4 is 5.52 Å². The molecule has 64 valence electrons. The van der Waals surface area contributed by atoms with Crippen molar-refractivity contribution < 1.29 is 0 Å². The summed E-state index contributed by atoms with van der Waals surface area (Å²) in [5.74, 6) is 0. The van der Waals surface area contributed by atoms with E-state index < -0.39 is 0 Å². The van der Waals surface area contributed by atoms with Gasteiger partial charge in [-0.05, 0) is 32.0 Å². The van der Waals surface area contributed by atoms with Crippen LogP contribution in [0.25, 0.3) is 5.52 Å². The van der Waals surface area contributed by atoms with Crippen LogP contribution in [-0.4, -0.2) is 9.61 Å². The Morgan fingerprint density at radius 1 is 1.31 bits per heavy atom. The first-order chi connectivity index (χ1) is 6.20. The average Bonchev–Trinajstić information content (AvgIpc) is 2.46. The second kappa shape index (κ2) is 2.60. The van der Waals surface area contributed by atoms with E-state index in [2.05, 4.69) is 11.2 Å². The summed E-state index contributed by atoms with van der Waals surface area (Å²) in [5, 5.41) is 13.0. The van der Waals surface area contributed by atoms with Crippen LogP contribution in [0.1, 0.15) is 17.0 Å². The third-order valence-electron chi connectivity index (χ3n) is 1.99. The van der Waals surface area contributed by atoms with Gasteiger partial charge in [-0.25, -0.2) is 4.52 Å². The third-order valence-corrected chi connectivity index (χ3v) is 1.99. The molecule has 2 rings (SSSR count). The maximum atomic E-state index is 8.75. The van der Waals surface area contributed by atoms with E-state index >= 15 is 0 Å².